The first-order chi connectivity index (χ1) is 15.7. The summed E-state index contributed by atoms with van der Waals surface area (Å²) in [5.41, 5.74) is 3.48. The van der Waals surface area contributed by atoms with Gasteiger partial charge in [0.05, 0.1) is 0 Å². The van der Waals surface area contributed by atoms with E-state index in [0.717, 1.165) is 34.9 Å². The van der Waals surface area contributed by atoms with Gasteiger partial charge in [0.2, 0.25) is 0 Å². The van der Waals surface area contributed by atoms with Crippen molar-refractivity contribution in [1.29, 1.82) is 0 Å². The van der Waals surface area contributed by atoms with E-state index in [2.05, 4.69) is 22.9 Å². The molecule has 0 N–H and O–H groups in total. The van der Waals surface area contributed by atoms with Crippen molar-refractivity contribution >= 4 is 29.4 Å². The van der Waals surface area contributed by atoms with Crippen molar-refractivity contribution in [3.63, 3.8) is 0 Å². The number of pyridine rings is 1. The van der Waals surface area contributed by atoms with E-state index >= 15 is 0 Å². The molecular formula is C25H31N5O3. The number of piperazine rings is 1. The summed E-state index contributed by atoms with van der Waals surface area (Å²) in [4.78, 5) is 49.5. The van der Waals surface area contributed by atoms with Gasteiger partial charge in [0.15, 0.2) is 0 Å². The molecule has 2 aromatic rings. The highest BCUT2D eigenvalue weighted by Gasteiger charge is 2.45. The molecule has 0 spiro atoms. The van der Waals surface area contributed by atoms with Crippen molar-refractivity contribution in [2.45, 2.75) is 33.7 Å². The largest absolute Gasteiger partial charge is 0.353 e. The van der Waals surface area contributed by atoms with Gasteiger partial charge < -0.3 is 9.80 Å². The highest BCUT2D eigenvalue weighted by Crippen LogP contribution is 2.29. The molecule has 174 valence electrons. The van der Waals surface area contributed by atoms with Crippen molar-refractivity contribution in [1.82, 2.24) is 14.8 Å². The highest BCUT2D eigenvalue weighted by atomic mass is 16.2. The van der Waals surface area contributed by atoms with Crippen molar-refractivity contribution in [3.8, 4) is 0 Å². The van der Waals surface area contributed by atoms with Gasteiger partial charge in [-0.1, -0.05) is 19.9 Å². The molecule has 2 fully saturated rings. The van der Waals surface area contributed by atoms with Gasteiger partial charge in [-0.2, -0.15) is 0 Å². The van der Waals surface area contributed by atoms with Crippen LogP contribution in [0.1, 0.15) is 35.3 Å². The molecular weight excluding hydrogens is 418 g/mol. The zero-order chi connectivity index (χ0) is 23.9. The van der Waals surface area contributed by atoms with Crippen molar-refractivity contribution in [3.05, 3.63) is 53.2 Å². The summed E-state index contributed by atoms with van der Waals surface area (Å²) in [7, 11) is 1.51. The molecule has 4 amide bonds. The molecule has 1 atom stereocenters. The average Bonchev–Trinajstić information content (AvgIpc) is 3.03. The molecule has 8 nitrogen and oxygen atoms in total. The van der Waals surface area contributed by atoms with Crippen LogP contribution < -0.4 is 9.80 Å². The Bertz CT molecular complexity index is 1070. The topological polar surface area (TPSA) is 77.1 Å². The molecule has 4 rings (SSSR count). The van der Waals surface area contributed by atoms with E-state index in [4.69, 9.17) is 0 Å². The highest BCUT2D eigenvalue weighted by molar-refractivity contribution is 6.14. The van der Waals surface area contributed by atoms with Crippen LogP contribution in [-0.2, 0) is 4.79 Å². The number of aryl methyl sites for hydroxylation is 2. The SMILES string of the molecule is Cc1cnc(N2CCN(C(=O)c3ccc(N4C(=O)N(C)C(=O)C4C(C)C)cc3)CC2)c(C)c1. The number of likely N-dealkylation sites (N-methyl/N-ethyl adjacent to an activating group) is 1. The number of nitrogens with zero attached hydrogens (tertiary/aromatic N) is 5. The van der Waals surface area contributed by atoms with Crippen molar-refractivity contribution in [2.24, 2.45) is 5.92 Å². The first-order valence-corrected chi connectivity index (χ1v) is 11.4. The number of anilines is 2. The van der Waals surface area contributed by atoms with Gasteiger partial charge in [0, 0.05) is 50.7 Å². The minimum Gasteiger partial charge on any atom is -0.353 e. The molecule has 1 unspecified atom stereocenters. The predicted molar refractivity (Wildman–Crippen MR) is 128 cm³/mol. The van der Waals surface area contributed by atoms with Gasteiger partial charge in [-0.15, -0.1) is 0 Å². The molecule has 0 aliphatic carbocycles. The van der Waals surface area contributed by atoms with Crippen LogP contribution in [0.5, 0.6) is 0 Å². The number of carbonyl (C=O) groups is 3. The fourth-order valence-corrected chi connectivity index (χ4v) is 4.65. The second-order valence-electron chi connectivity index (χ2n) is 9.22. The Kier molecular flexibility index (Phi) is 6.10. The number of hydrogen-bond acceptors (Lipinski definition) is 5. The summed E-state index contributed by atoms with van der Waals surface area (Å²) in [5, 5.41) is 0. The van der Waals surface area contributed by atoms with Crippen LogP contribution in [0.2, 0.25) is 0 Å². The van der Waals surface area contributed by atoms with Crippen LogP contribution in [0.3, 0.4) is 0 Å². The fourth-order valence-electron chi connectivity index (χ4n) is 4.65. The third kappa shape index (κ3) is 4.17. The Balaban J connectivity index is 1.44. The molecule has 8 heteroatoms. The van der Waals surface area contributed by atoms with E-state index < -0.39 is 6.04 Å². The third-order valence-electron chi connectivity index (χ3n) is 6.43. The van der Waals surface area contributed by atoms with E-state index in [-0.39, 0.29) is 23.8 Å². The van der Waals surface area contributed by atoms with E-state index in [1.807, 2.05) is 31.9 Å². The molecule has 2 aliphatic rings. The lowest BCUT2D eigenvalue weighted by molar-refractivity contribution is -0.127. The van der Waals surface area contributed by atoms with Crippen LogP contribution in [0.15, 0.2) is 36.5 Å². The third-order valence-corrected chi connectivity index (χ3v) is 6.43. The number of urea groups is 1. The first-order valence-electron chi connectivity index (χ1n) is 11.4. The summed E-state index contributed by atoms with van der Waals surface area (Å²) in [6.07, 6.45) is 1.88. The standard InChI is InChI=1S/C25H31N5O3/c1-16(2)21-24(32)27(5)25(33)30(21)20-8-6-19(7-9-20)23(31)29-12-10-28(11-13-29)22-18(4)14-17(3)15-26-22/h6-9,14-16,21H,10-13H2,1-5H3. The molecule has 0 saturated carbocycles. The Morgan fingerprint density at radius 2 is 1.67 bits per heavy atom. The summed E-state index contributed by atoms with van der Waals surface area (Å²) in [6, 6.07) is 8.24. The van der Waals surface area contributed by atoms with Crippen LogP contribution in [0.4, 0.5) is 16.3 Å². The number of imide groups is 1. The Hall–Kier alpha value is -3.42. The molecule has 1 aromatic heterocycles. The summed E-state index contributed by atoms with van der Waals surface area (Å²) >= 11 is 0. The molecule has 3 heterocycles. The molecule has 1 aromatic carbocycles. The molecule has 0 bridgehead atoms. The van der Waals surface area contributed by atoms with E-state index in [1.165, 1.54) is 11.9 Å². The van der Waals surface area contributed by atoms with Gasteiger partial charge in [0.25, 0.3) is 11.8 Å². The lowest BCUT2D eigenvalue weighted by Crippen LogP contribution is -2.49. The van der Waals surface area contributed by atoms with Gasteiger partial charge in [-0.3, -0.25) is 19.4 Å². The lowest BCUT2D eigenvalue weighted by Gasteiger charge is -2.36. The van der Waals surface area contributed by atoms with Crippen LogP contribution in [-0.4, -0.2) is 71.9 Å². The Morgan fingerprint density at radius 1 is 1.03 bits per heavy atom. The van der Waals surface area contributed by atoms with E-state index in [9.17, 15) is 14.4 Å². The Labute approximate surface area is 194 Å². The monoisotopic (exact) mass is 449 g/mol. The molecule has 0 radical (unpaired) electrons. The zero-order valence-electron chi connectivity index (χ0n) is 19.9. The van der Waals surface area contributed by atoms with E-state index in [1.54, 1.807) is 24.3 Å². The number of hydrogen-bond donors (Lipinski definition) is 0. The molecule has 2 aliphatic heterocycles. The normalized spacial score (nSPS) is 19.2. The number of amides is 4. The molecule has 2 saturated heterocycles. The average molecular weight is 450 g/mol. The number of rotatable bonds is 4. The van der Waals surface area contributed by atoms with Crippen LogP contribution >= 0.6 is 0 Å². The van der Waals surface area contributed by atoms with Gasteiger partial charge in [-0.05, 0) is 55.2 Å². The van der Waals surface area contributed by atoms with Gasteiger partial charge in [-0.25, -0.2) is 9.78 Å². The zero-order valence-corrected chi connectivity index (χ0v) is 19.9. The maximum Gasteiger partial charge on any atom is 0.331 e. The maximum atomic E-state index is 13.1. The Morgan fingerprint density at radius 3 is 2.24 bits per heavy atom. The summed E-state index contributed by atoms with van der Waals surface area (Å²) in [6.45, 7) is 10.6. The van der Waals surface area contributed by atoms with Crippen molar-refractivity contribution < 1.29 is 14.4 Å². The number of benzene rings is 1. The van der Waals surface area contributed by atoms with Gasteiger partial charge in [0.1, 0.15) is 11.9 Å². The smallest absolute Gasteiger partial charge is 0.331 e. The second-order valence-corrected chi connectivity index (χ2v) is 9.22. The lowest BCUT2D eigenvalue weighted by atomic mass is 10.0. The summed E-state index contributed by atoms with van der Waals surface area (Å²) in [5.74, 6) is 0.727. The van der Waals surface area contributed by atoms with Crippen molar-refractivity contribution in [2.75, 3.05) is 43.0 Å². The fraction of sp³-hybridized carbons (Fsp3) is 0.440. The predicted octanol–water partition coefficient (Wildman–Crippen LogP) is 3.08. The van der Waals surface area contributed by atoms with Crippen LogP contribution in [0, 0.1) is 19.8 Å². The maximum absolute atomic E-state index is 13.1. The second kappa shape index (κ2) is 8.84. The number of carbonyl (C=O) groups excluding carboxylic acids is 3. The quantitative estimate of drug-likeness (QED) is 0.671. The molecule has 33 heavy (non-hydrogen) atoms. The minimum atomic E-state index is -0.532. The number of aromatic nitrogens is 1. The minimum absolute atomic E-state index is 0.0179. The van der Waals surface area contributed by atoms with E-state index in [0.29, 0.717) is 24.3 Å². The first kappa shape index (κ1) is 22.8. The van der Waals surface area contributed by atoms with Gasteiger partial charge >= 0.3 is 6.03 Å². The summed E-state index contributed by atoms with van der Waals surface area (Å²) < 4.78 is 0. The van der Waals surface area contributed by atoms with Crippen LogP contribution in [0.25, 0.3) is 0 Å².